The number of hydrogen-bond acceptors (Lipinski definition) is 5. The van der Waals surface area contributed by atoms with E-state index in [1.54, 1.807) is 7.11 Å². The first-order valence-corrected chi connectivity index (χ1v) is 8.96. The largest absolute Gasteiger partial charge is 0.384 e. The molecule has 19 heavy (non-hydrogen) atoms. The second-order valence-corrected chi connectivity index (χ2v) is 7.37. The molecule has 108 valence electrons. The number of nitrogens with zero attached hydrogens (tertiary/aromatic N) is 1. The number of ether oxygens (including phenoxy) is 1. The van der Waals surface area contributed by atoms with Crippen LogP contribution in [0.15, 0.2) is 0 Å². The van der Waals surface area contributed by atoms with Gasteiger partial charge >= 0.3 is 0 Å². The highest BCUT2D eigenvalue weighted by Crippen LogP contribution is 2.27. The third kappa shape index (κ3) is 4.45. The molecule has 1 aliphatic rings. The van der Waals surface area contributed by atoms with Gasteiger partial charge < -0.3 is 10.1 Å². The second-order valence-electron chi connectivity index (χ2n) is 5.10. The molecule has 0 aliphatic carbocycles. The average molecular weight is 300 g/mol. The zero-order valence-corrected chi connectivity index (χ0v) is 13.7. The summed E-state index contributed by atoms with van der Waals surface area (Å²) in [5.74, 6) is 2.58. The molecule has 0 aromatic carbocycles. The molecule has 0 bridgehead atoms. The van der Waals surface area contributed by atoms with E-state index in [0.717, 1.165) is 13.0 Å². The van der Waals surface area contributed by atoms with Crippen LogP contribution in [-0.4, -0.2) is 36.2 Å². The molecule has 1 aromatic heterocycles. The zero-order chi connectivity index (χ0) is 13.7. The van der Waals surface area contributed by atoms with Gasteiger partial charge in [0.25, 0.3) is 0 Å². The molecular formula is C14H24N2OS2. The Morgan fingerprint density at radius 1 is 1.53 bits per heavy atom. The van der Waals surface area contributed by atoms with Crippen LogP contribution in [0.3, 0.4) is 0 Å². The van der Waals surface area contributed by atoms with E-state index in [9.17, 15) is 0 Å². The third-order valence-electron chi connectivity index (χ3n) is 3.44. The van der Waals surface area contributed by atoms with E-state index in [4.69, 9.17) is 4.74 Å². The lowest BCUT2D eigenvalue weighted by Gasteiger charge is -2.26. The minimum Gasteiger partial charge on any atom is -0.384 e. The summed E-state index contributed by atoms with van der Waals surface area (Å²) in [5.41, 5.74) is 1.18. The number of thiazole rings is 1. The molecule has 0 amide bonds. The lowest BCUT2D eigenvalue weighted by molar-refractivity contribution is 0.202. The Bertz CT molecular complexity index is 389. The summed E-state index contributed by atoms with van der Waals surface area (Å²) in [5, 5.41) is 4.96. The fourth-order valence-corrected chi connectivity index (χ4v) is 4.61. The molecule has 0 radical (unpaired) electrons. The Labute approximate surface area is 124 Å². The maximum absolute atomic E-state index is 5.13. The van der Waals surface area contributed by atoms with Crippen molar-refractivity contribution in [1.82, 2.24) is 10.3 Å². The zero-order valence-electron chi connectivity index (χ0n) is 12.1. The Hall–Kier alpha value is -0.100. The summed E-state index contributed by atoms with van der Waals surface area (Å²) < 4.78 is 5.13. The van der Waals surface area contributed by atoms with Crippen LogP contribution in [-0.2, 0) is 11.2 Å². The van der Waals surface area contributed by atoms with Crippen molar-refractivity contribution in [1.29, 1.82) is 0 Å². The van der Waals surface area contributed by atoms with E-state index in [1.165, 1.54) is 39.9 Å². The fourth-order valence-electron chi connectivity index (χ4n) is 2.47. The van der Waals surface area contributed by atoms with Gasteiger partial charge in [0.15, 0.2) is 0 Å². The molecule has 1 N–H and O–H groups in total. The number of methoxy groups -OCH3 is 1. The van der Waals surface area contributed by atoms with E-state index in [-0.39, 0.29) is 0 Å². The highest BCUT2D eigenvalue weighted by molar-refractivity contribution is 7.99. The lowest BCUT2D eigenvalue weighted by atomic mass is 10.1. The maximum Gasteiger partial charge on any atom is 0.0954 e. The lowest BCUT2D eigenvalue weighted by Crippen LogP contribution is -2.35. The first-order chi connectivity index (χ1) is 9.20. The number of rotatable bonds is 6. The summed E-state index contributed by atoms with van der Waals surface area (Å²) in [4.78, 5) is 6.05. The van der Waals surface area contributed by atoms with Crippen LogP contribution >= 0.6 is 23.1 Å². The number of aryl methyl sites for hydroxylation is 1. The average Bonchev–Trinajstić information content (AvgIpc) is 2.79. The highest BCUT2D eigenvalue weighted by atomic mass is 32.2. The van der Waals surface area contributed by atoms with Crippen molar-refractivity contribution in [3.05, 3.63) is 15.6 Å². The van der Waals surface area contributed by atoms with Gasteiger partial charge in [-0.1, -0.05) is 0 Å². The summed E-state index contributed by atoms with van der Waals surface area (Å²) in [6.45, 7) is 5.14. The van der Waals surface area contributed by atoms with Crippen molar-refractivity contribution in [3.8, 4) is 0 Å². The van der Waals surface area contributed by atoms with E-state index in [1.807, 2.05) is 11.3 Å². The van der Waals surface area contributed by atoms with Gasteiger partial charge in [-0.3, -0.25) is 0 Å². The summed E-state index contributed by atoms with van der Waals surface area (Å²) in [6.07, 6.45) is 3.58. The van der Waals surface area contributed by atoms with Crippen LogP contribution in [0.4, 0.5) is 0 Å². The molecule has 0 spiro atoms. The van der Waals surface area contributed by atoms with Gasteiger partial charge in [0.2, 0.25) is 0 Å². The molecule has 2 heterocycles. The van der Waals surface area contributed by atoms with E-state index < -0.39 is 0 Å². The van der Waals surface area contributed by atoms with Crippen LogP contribution < -0.4 is 5.32 Å². The van der Waals surface area contributed by atoms with Gasteiger partial charge in [0.1, 0.15) is 0 Å². The SMILES string of the molecule is COCCc1nc(C)c([C@H](C)N[C@@H]2CCCSC2)s1. The van der Waals surface area contributed by atoms with Crippen LogP contribution in [0.2, 0.25) is 0 Å². The van der Waals surface area contributed by atoms with Gasteiger partial charge in [0.05, 0.1) is 17.3 Å². The quantitative estimate of drug-likeness (QED) is 0.875. The molecule has 1 saturated heterocycles. The Morgan fingerprint density at radius 3 is 3.05 bits per heavy atom. The van der Waals surface area contributed by atoms with Crippen LogP contribution in [0.1, 0.15) is 41.4 Å². The standard InChI is InChI=1S/C14H24N2OS2/c1-10(15-12-5-4-8-18-9-12)14-11(2)16-13(19-14)6-7-17-3/h10,12,15H,4-9H2,1-3H3/t10-,12+/m0/s1. The minimum atomic E-state index is 0.414. The van der Waals surface area contributed by atoms with E-state index in [0.29, 0.717) is 12.1 Å². The fraction of sp³-hybridized carbons (Fsp3) is 0.786. The highest BCUT2D eigenvalue weighted by Gasteiger charge is 2.19. The summed E-state index contributed by atoms with van der Waals surface area (Å²) in [6, 6.07) is 1.08. The van der Waals surface area contributed by atoms with Crippen LogP contribution in [0, 0.1) is 6.92 Å². The molecule has 2 atom stereocenters. The molecule has 5 heteroatoms. The number of aromatic nitrogens is 1. The van der Waals surface area contributed by atoms with Crippen molar-refractivity contribution < 1.29 is 4.74 Å². The van der Waals surface area contributed by atoms with Crippen LogP contribution in [0.5, 0.6) is 0 Å². The van der Waals surface area contributed by atoms with Crippen LogP contribution in [0.25, 0.3) is 0 Å². The second kappa shape index (κ2) is 7.62. The van der Waals surface area contributed by atoms with E-state index >= 15 is 0 Å². The summed E-state index contributed by atoms with van der Waals surface area (Å²) >= 11 is 3.91. The van der Waals surface area contributed by atoms with Gasteiger partial charge in [0, 0.05) is 36.2 Å². The molecule has 0 saturated carbocycles. The molecule has 3 nitrogen and oxygen atoms in total. The smallest absolute Gasteiger partial charge is 0.0954 e. The first-order valence-electron chi connectivity index (χ1n) is 6.99. The van der Waals surface area contributed by atoms with Crippen molar-refractivity contribution in [2.24, 2.45) is 0 Å². The van der Waals surface area contributed by atoms with Gasteiger partial charge in [-0.05, 0) is 32.4 Å². The number of nitrogens with one attached hydrogen (secondary N) is 1. The van der Waals surface area contributed by atoms with Crippen molar-refractivity contribution in [2.45, 2.75) is 45.2 Å². The van der Waals surface area contributed by atoms with Crippen molar-refractivity contribution >= 4 is 23.1 Å². The molecule has 2 rings (SSSR count). The number of hydrogen-bond donors (Lipinski definition) is 1. The molecule has 0 unspecified atom stereocenters. The van der Waals surface area contributed by atoms with Crippen molar-refractivity contribution in [2.75, 3.05) is 25.2 Å². The monoisotopic (exact) mass is 300 g/mol. The molecular weight excluding hydrogens is 276 g/mol. The van der Waals surface area contributed by atoms with Crippen molar-refractivity contribution in [3.63, 3.8) is 0 Å². The van der Waals surface area contributed by atoms with E-state index in [2.05, 4.69) is 35.9 Å². The minimum absolute atomic E-state index is 0.414. The predicted molar refractivity (Wildman–Crippen MR) is 84.3 cm³/mol. The third-order valence-corrected chi connectivity index (χ3v) is 6.05. The molecule has 1 aromatic rings. The first kappa shape index (κ1) is 15.3. The normalized spacial score (nSPS) is 21.5. The molecule has 1 fully saturated rings. The topological polar surface area (TPSA) is 34.1 Å². The predicted octanol–water partition coefficient (Wildman–Crippen LogP) is 3.19. The molecule has 1 aliphatic heterocycles. The maximum atomic E-state index is 5.13. The Kier molecular flexibility index (Phi) is 6.13. The Morgan fingerprint density at radius 2 is 2.37 bits per heavy atom. The van der Waals surface area contributed by atoms with Gasteiger partial charge in [-0.25, -0.2) is 4.98 Å². The number of thioether (sulfide) groups is 1. The summed E-state index contributed by atoms with van der Waals surface area (Å²) in [7, 11) is 1.74. The Balaban J connectivity index is 1.93. The van der Waals surface area contributed by atoms with Gasteiger partial charge in [-0.15, -0.1) is 11.3 Å². The van der Waals surface area contributed by atoms with Gasteiger partial charge in [-0.2, -0.15) is 11.8 Å².